The van der Waals surface area contributed by atoms with Gasteiger partial charge in [-0.2, -0.15) is 23.4 Å². The highest BCUT2D eigenvalue weighted by molar-refractivity contribution is 6.30. The van der Waals surface area contributed by atoms with Crippen LogP contribution in [-0.4, -0.2) is 42.4 Å². The number of carbonyl (C=O) groups is 1. The number of halogens is 6. The van der Waals surface area contributed by atoms with Crippen molar-refractivity contribution in [1.29, 1.82) is 0 Å². The third-order valence-corrected chi connectivity index (χ3v) is 5.08. The van der Waals surface area contributed by atoms with Crippen molar-refractivity contribution < 1.29 is 26.7 Å². The minimum Gasteiger partial charge on any atom is -0.346 e. The standard InChI is InChI=1S/C14H12ClF3N6O.C6H10F2/c15-10-3-12-22-11(8-24(12)21-5-10)6-19-13(25)9-4-20-23(7-9)2-1-14(16,17)18;7-6(8)4-2-1-3-5-6/h3-5,7-8H,1-2,6H2,(H,19,25);1-5H2. The van der Waals surface area contributed by atoms with Crippen LogP contribution in [0.3, 0.4) is 0 Å². The SMILES string of the molecule is FC1(F)CCCCC1.O=C(NCc1cn2ncc(Cl)cc2n1)c1cnn(CCC(F)(F)F)c1. The molecule has 13 heteroatoms. The van der Waals surface area contributed by atoms with Crippen LogP contribution in [0, 0.1) is 0 Å². The highest BCUT2D eigenvalue weighted by Gasteiger charge is 2.30. The fourth-order valence-electron chi connectivity index (χ4n) is 3.17. The Bertz CT molecular complexity index is 1070. The molecular formula is C20H22ClF5N6O. The van der Waals surface area contributed by atoms with E-state index in [0.29, 0.717) is 29.2 Å². The van der Waals surface area contributed by atoms with Crippen molar-refractivity contribution in [3.63, 3.8) is 0 Å². The highest BCUT2D eigenvalue weighted by Crippen LogP contribution is 2.32. The Balaban J connectivity index is 0.000000323. The maximum absolute atomic E-state index is 12.2. The van der Waals surface area contributed by atoms with E-state index in [2.05, 4.69) is 20.5 Å². The summed E-state index contributed by atoms with van der Waals surface area (Å²) in [4.78, 5) is 16.3. The lowest BCUT2D eigenvalue weighted by Crippen LogP contribution is -2.22. The second-order valence-corrected chi connectivity index (χ2v) is 8.10. The van der Waals surface area contributed by atoms with Crippen LogP contribution in [0.1, 0.15) is 54.6 Å². The molecule has 3 aromatic rings. The lowest BCUT2D eigenvalue weighted by atomic mass is 9.97. The molecular weight excluding hydrogens is 471 g/mol. The van der Waals surface area contributed by atoms with E-state index in [1.165, 1.54) is 23.1 Å². The van der Waals surface area contributed by atoms with E-state index < -0.39 is 24.4 Å². The van der Waals surface area contributed by atoms with Gasteiger partial charge in [-0.25, -0.2) is 18.3 Å². The molecule has 0 unspecified atom stereocenters. The van der Waals surface area contributed by atoms with Crippen molar-refractivity contribution in [2.75, 3.05) is 0 Å². The summed E-state index contributed by atoms with van der Waals surface area (Å²) in [6.07, 6.45) is 2.98. The van der Waals surface area contributed by atoms with Crippen LogP contribution in [-0.2, 0) is 13.1 Å². The van der Waals surface area contributed by atoms with Crippen LogP contribution in [0.15, 0.2) is 30.9 Å². The molecule has 180 valence electrons. The molecule has 0 radical (unpaired) electrons. The molecule has 0 aromatic carbocycles. The molecule has 1 N–H and O–H groups in total. The van der Waals surface area contributed by atoms with Gasteiger partial charge >= 0.3 is 6.18 Å². The first-order valence-corrected chi connectivity index (χ1v) is 10.6. The van der Waals surface area contributed by atoms with Gasteiger partial charge in [-0.15, -0.1) is 0 Å². The summed E-state index contributed by atoms with van der Waals surface area (Å²) in [6.45, 7) is -0.205. The van der Waals surface area contributed by atoms with Crippen molar-refractivity contribution in [1.82, 2.24) is 29.7 Å². The van der Waals surface area contributed by atoms with Gasteiger partial charge in [0.25, 0.3) is 5.91 Å². The van der Waals surface area contributed by atoms with Crippen molar-refractivity contribution >= 4 is 23.2 Å². The van der Waals surface area contributed by atoms with E-state index in [4.69, 9.17) is 11.6 Å². The van der Waals surface area contributed by atoms with E-state index >= 15 is 0 Å². The molecule has 0 bridgehead atoms. The van der Waals surface area contributed by atoms with Gasteiger partial charge in [0.2, 0.25) is 5.92 Å². The summed E-state index contributed by atoms with van der Waals surface area (Å²) < 4.78 is 63.6. The predicted molar refractivity (Wildman–Crippen MR) is 110 cm³/mol. The minimum absolute atomic E-state index is 0.118. The number of aryl methyl sites for hydroxylation is 1. The van der Waals surface area contributed by atoms with Gasteiger partial charge in [0.05, 0.1) is 47.8 Å². The molecule has 0 spiro atoms. The van der Waals surface area contributed by atoms with Crippen LogP contribution in [0.2, 0.25) is 5.02 Å². The Morgan fingerprint density at radius 1 is 1.12 bits per heavy atom. The van der Waals surface area contributed by atoms with E-state index in [0.717, 1.165) is 11.1 Å². The molecule has 1 saturated carbocycles. The van der Waals surface area contributed by atoms with E-state index in [9.17, 15) is 26.7 Å². The van der Waals surface area contributed by atoms with Crippen LogP contribution in [0.4, 0.5) is 22.0 Å². The Morgan fingerprint density at radius 3 is 2.48 bits per heavy atom. The lowest BCUT2D eigenvalue weighted by molar-refractivity contribution is -0.137. The normalized spacial score (nSPS) is 15.7. The second kappa shape index (κ2) is 10.4. The van der Waals surface area contributed by atoms with Gasteiger partial charge in [-0.1, -0.05) is 18.0 Å². The Labute approximate surface area is 190 Å². The Kier molecular flexibility index (Phi) is 7.88. The molecule has 1 aliphatic rings. The number of hydrogen-bond acceptors (Lipinski definition) is 4. The molecule has 1 amide bonds. The minimum atomic E-state index is -4.27. The average molecular weight is 493 g/mol. The maximum atomic E-state index is 12.2. The quantitative estimate of drug-likeness (QED) is 0.506. The zero-order valence-electron chi connectivity index (χ0n) is 17.5. The summed E-state index contributed by atoms with van der Waals surface area (Å²) in [6, 6.07) is 1.63. The maximum Gasteiger partial charge on any atom is 0.390 e. The third kappa shape index (κ3) is 7.95. The molecule has 33 heavy (non-hydrogen) atoms. The monoisotopic (exact) mass is 492 g/mol. The number of carbonyl (C=O) groups excluding carboxylic acids is 1. The van der Waals surface area contributed by atoms with Crippen LogP contribution >= 0.6 is 11.6 Å². The number of rotatable bonds is 5. The van der Waals surface area contributed by atoms with Crippen molar-refractivity contribution in [2.45, 2.75) is 63.7 Å². The molecule has 3 heterocycles. The number of aromatic nitrogens is 5. The third-order valence-electron chi connectivity index (χ3n) is 4.87. The highest BCUT2D eigenvalue weighted by atomic mass is 35.5. The number of nitrogens with zero attached hydrogens (tertiary/aromatic N) is 5. The zero-order chi connectivity index (χ0) is 24.1. The van der Waals surface area contributed by atoms with Gasteiger partial charge in [0, 0.05) is 31.6 Å². The van der Waals surface area contributed by atoms with Crippen LogP contribution < -0.4 is 5.32 Å². The molecule has 7 nitrogen and oxygen atoms in total. The number of hydrogen-bond donors (Lipinski definition) is 1. The second-order valence-electron chi connectivity index (χ2n) is 7.67. The topological polar surface area (TPSA) is 77.1 Å². The van der Waals surface area contributed by atoms with Crippen molar-refractivity contribution in [2.24, 2.45) is 0 Å². The number of nitrogens with one attached hydrogen (secondary N) is 1. The van der Waals surface area contributed by atoms with Crippen LogP contribution in [0.5, 0.6) is 0 Å². The molecule has 0 atom stereocenters. The average Bonchev–Trinajstić information content (AvgIpc) is 3.37. The van der Waals surface area contributed by atoms with Gasteiger partial charge in [0.1, 0.15) is 0 Å². The predicted octanol–water partition coefficient (Wildman–Crippen LogP) is 5.05. The first kappa shape index (κ1) is 24.9. The fourth-order valence-corrected chi connectivity index (χ4v) is 3.32. The van der Waals surface area contributed by atoms with E-state index in [1.54, 1.807) is 12.3 Å². The summed E-state index contributed by atoms with van der Waals surface area (Å²) >= 11 is 5.83. The van der Waals surface area contributed by atoms with Gasteiger partial charge in [0.15, 0.2) is 5.65 Å². The summed E-state index contributed by atoms with van der Waals surface area (Å²) in [5.41, 5.74) is 1.27. The number of imidazole rings is 1. The molecule has 1 fully saturated rings. The number of fused-ring (bicyclic) bond motifs is 1. The van der Waals surface area contributed by atoms with Gasteiger partial charge < -0.3 is 5.32 Å². The largest absolute Gasteiger partial charge is 0.390 e. The molecule has 1 aliphatic carbocycles. The number of alkyl halides is 5. The molecule has 3 aromatic heterocycles. The Hall–Kier alpha value is -2.76. The smallest absolute Gasteiger partial charge is 0.346 e. The number of amides is 1. The Morgan fingerprint density at radius 2 is 1.85 bits per heavy atom. The van der Waals surface area contributed by atoms with Crippen molar-refractivity contribution in [3.8, 4) is 0 Å². The molecule has 4 rings (SSSR count). The first-order chi connectivity index (χ1) is 15.5. The summed E-state index contributed by atoms with van der Waals surface area (Å²) in [5.74, 6) is -2.78. The van der Waals surface area contributed by atoms with Crippen molar-refractivity contribution in [3.05, 3.63) is 47.1 Å². The lowest BCUT2D eigenvalue weighted by Gasteiger charge is -2.20. The van der Waals surface area contributed by atoms with Gasteiger partial charge in [-0.3, -0.25) is 9.48 Å². The zero-order valence-corrected chi connectivity index (χ0v) is 18.2. The van der Waals surface area contributed by atoms with E-state index in [-0.39, 0.29) is 31.5 Å². The fraction of sp³-hybridized carbons (Fsp3) is 0.500. The summed E-state index contributed by atoms with van der Waals surface area (Å²) in [5, 5.41) is 10.9. The van der Waals surface area contributed by atoms with Crippen LogP contribution in [0.25, 0.3) is 5.65 Å². The first-order valence-electron chi connectivity index (χ1n) is 10.3. The van der Waals surface area contributed by atoms with Gasteiger partial charge in [-0.05, 0) is 12.8 Å². The summed E-state index contributed by atoms with van der Waals surface area (Å²) in [7, 11) is 0. The molecule has 0 aliphatic heterocycles. The molecule has 0 saturated heterocycles. The van der Waals surface area contributed by atoms with E-state index in [1.807, 2.05) is 0 Å².